The second-order valence-electron chi connectivity index (χ2n) is 18.9. The first-order valence-corrected chi connectivity index (χ1v) is 27.4. The number of hydrogen-bond donors (Lipinski definition) is 2. The van der Waals surface area contributed by atoms with E-state index in [0.717, 1.165) is 77.0 Å². The lowest BCUT2D eigenvalue weighted by molar-refractivity contribution is -0.870. The van der Waals surface area contributed by atoms with Crippen LogP contribution in [0.3, 0.4) is 0 Å². The van der Waals surface area contributed by atoms with Crippen molar-refractivity contribution in [3.8, 4) is 0 Å². The standard InChI is InChI=1S/C53H101N2O6P/c1-6-8-10-12-14-16-18-20-22-24-25-26-27-28-29-31-32-34-36-38-40-42-44-46-52(56)51(50-61-62(58,59)60-49-48-55(3,4)5)54-53(57)47-45-43-41-39-37-35-33-30-23-21-19-17-15-13-11-9-7-2/h9,11,15,17,21,23,33,35,51-52,56H,6-8,10,12-14,16,18-20,22,24-32,34,36-50H2,1-5H3,(H-,54,57,58,59)/b11-9-,17-15-,23-21-,35-33-. The van der Waals surface area contributed by atoms with Crippen LogP contribution in [0.1, 0.15) is 232 Å². The molecule has 0 aliphatic carbocycles. The monoisotopic (exact) mass is 893 g/mol. The van der Waals surface area contributed by atoms with Crippen molar-refractivity contribution in [3.05, 3.63) is 48.6 Å². The third-order valence-corrected chi connectivity index (χ3v) is 12.5. The Hall–Kier alpha value is -1.54. The maximum atomic E-state index is 12.9. The van der Waals surface area contributed by atoms with Crippen LogP contribution in [-0.2, 0) is 18.4 Å². The van der Waals surface area contributed by atoms with Crippen LogP contribution >= 0.6 is 7.82 Å². The van der Waals surface area contributed by atoms with E-state index in [1.807, 2.05) is 21.1 Å². The maximum Gasteiger partial charge on any atom is 0.268 e. The van der Waals surface area contributed by atoms with Crippen molar-refractivity contribution in [1.29, 1.82) is 0 Å². The van der Waals surface area contributed by atoms with E-state index in [9.17, 15) is 19.4 Å². The van der Waals surface area contributed by atoms with Crippen molar-refractivity contribution < 1.29 is 32.9 Å². The molecule has 3 unspecified atom stereocenters. The number of aliphatic hydroxyl groups is 1. The molecule has 9 heteroatoms. The number of phosphoric ester groups is 1. The lowest BCUT2D eigenvalue weighted by Crippen LogP contribution is -2.46. The lowest BCUT2D eigenvalue weighted by atomic mass is 10.0. The molecular formula is C53H101N2O6P. The van der Waals surface area contributed by atoms with E-state index in [0.29, 0.717) is 23.9 Å². The van der Waals surface area contributed by atoms with Crippen LogP contribution < -0.4 is 10.2 Å². The van der Waals surface area contributed by atoms with Gasteiger partial charge < -0.3 is 28.8 Å². The number of rotatable bonds is 47. The smallest absolute Gasteiger partial charge is 0.268 e. The quantitative estimate of drug-likeness (QED) is 0.0273. The Balaban J connectivity index is 4.26. The maximum absolute atomic E-state index is 12.9. The molecule has 0 saturated heterocycles. The number of allylic oxidation sites excluding steroid dienone is 8. The highest BCUT2D eigenvalue weighted by atomic mass is 31.2. The molecule has 3 atom stereocenters. The first-order chi connectivity index (χ1) is 30.0. The number of nitrogens with one attached hydrogen (secondary N) is 1. The van der Waals surface area contributed by atoms with E-state index in [1.165, 1.54) is 128 Å². The number of carbonyl (C=O) groups is 1. The topological polar surface area (TPSA) is 108 Å². The number of carbonyl (C=O) groups excluding carboxylic acids is 1. The van der Waals surface area contributed by atoms with Gasteiger partial charge in [-0.15, -0.1) is 0 Å². The average Bonchev–Trinajstić information content (AvgIpc) is 3.23. The lowest BCUT2D eigenvalue weighted by Gasteiger charge is -2.30. The normalized spacial score (nSPS) is 14.5. The molecule has 0 bridgehead atoms. The number of phosphoric acid groups is 1. The molecule has 0 saturated carbocycles. The van der Waals surface area contributed by atoms with Gasteiger partial charge in [-0.1, -0.05) is 223 Å². The zero-order valence-electron chi connectivity index (χ0n) is 41.3. The number of hydrogen-bond acceptors (Lipinski definition) is 6. The Morgan fingerprint density at radius 2 is 0.984 bits per heavy atom. The molecule has 0 heterocycles. The van der Waals surface area contributed by atoms with Gasteiger partial charge >= 0.3 is 0 Å². The molecule has 0 aliphatic heterocycles. The van der Waals surface area contributed by atoms with Gasteiger partial charge in [-0.25, -0.2) is 0 Å². The van der Waals surface area contributed by atoms with Gasteiger partial charge in [0.2, 0.25) is 5.91 Å². The summed E-state index contributed by atoms with van der Waals surface area (Å²) in [7, 11) is 1.29. The van der Waals surface area contributed by atoms with Crippen LogP contribution in [0.2, 0.25) is 0 Å². The van der Waals surface area contributed by atoms with Crippen LogP contribution in [0, 0.1) is 0 Å². The molecule has 1 amide bonds. The van der Waals surface area contributed by atoms with Gasteiger partial charge in [-0.2, -0.15) is 0 Å². The summed E-state index contributed by atoms with van der Waals surface area (Å²) in [6.07, 6.45) is 57.0. The van der Waals surface area contributed by atoms with Gasteiger partial charge in [0.05, 0.1) is 39.9 Å². The fourth-order valence-corrected chi connectivity index (χ4v) is 8.23. The van der Waals surface area contributed by atoms with Crippen LogP contribution in [0.25, 0.3) is 0 Å². The number of likely N-dealkylation sites (N-methyl/N-ethyl adjacent to an activating group) is 1. The summed E-state index contributed by atoms with van der Waals surface area (Å²) in [5.41, 5.74) is 0. The summed E-state index contributed by atoms with van der Waals surface area (Å²) in [6, 6.07) is -0.815. The highest BCUT2D eigenvalue weighted by Crippen LogP contribution is 2.38. The van der Waals surface area contributed by atoms with Gasteiger partial charge in [-0.3, -0.25) is 9.36 Å². The Kier molecular flexibility index (Phi) is 43.5. The second-order valence-corrected chi connectivity index (χ2v) is 20.3. The minimum absolute atomic E-state index is 0.00560. The van der Waals surface area contributed by atoms with Crippen molar-refractivity contribution in [2.75, 3.05) is 40.9 Å². The Morgan fingerprint density at radius 3 is 1.44 bits per heavy atom. The SMILES string of the molecule is CC/C=C\C/C=C\C/C=C\C/C=C\CCCCCCC(=O)NC(COP(=O)([O-])OCC[N+](C)(C)C)C(O)CCCCCCCCCCCCCCCCCCCCCCCCC. The molecule has 0 aromatic carbocycles. The first kappa shape index (κ1) is 60.5. The van der Waals surface area contributed by atoms with E-state index >= 15 is 0 Å². The van der Waals surface area contributed by atoms with Crippen molar-refractivity contribution in [2.45, 2.75) is 244 Å². The second kappa shape index (κ2) is 44.7. The summed E-state index contributed by atoms with van der Waals surface area (Å²) in [5.74, 6) is -0.187. The molecule has 0 aromatic heterocycles. The highest BCUT2D eigenvalue weighted by Gasteiger charge is 2.24. The van der Waals surface area contributed by atoms with Crippen molar-refractivity contribution >= 4 is 13.7 Å². The summed E-state index contributed by atoms with van der Waals surface area (Å²) >= 11 is 0. The zero-order chi connectivity index (χ0) is 45.7. The molecule has 0 aliphatic rings. The van der Waals surface area contributed by atoms with Crippen molar-refractivity contribution in [1.82, 2.24) is 5.32 Å². The third kappa shape index (κ3) is 46.5. The average molecular weight is 893 g/mol. The number of quaternary nitrogens is 1. The minimum Gasteiger partial charge on any atom is -0.756 e. The zero-order valence-corrected chi connectivity index (χ0v) is 42.2. The van der Waals surface area contributed by atoms with Gasteiger partial charge in [0, 0.05) is 6.42 Å². The van der Waals surface area contributed by atoms with E-state index in [2.05, 4.69) is 67.8 Å². The number of nitrogens with zero attached hydrogens (tertiary/aromatic N) is 1. The van der Waals surface area contributed by atoms with Gasteiger partial charge in [-0.05, 0) is 51.4 Å². The predicted octanol–water partition coefficient (Wildman–Crippen LogP) is 14.6. The Labute approximate surface area is 384 Å². The van der Waals surface area contributed by atoms with E-state index in [-0.39, 0.29) is 19.1 Å². The summed E-state index contributed by atoms with van der Waals surface area (Å²) in [4.78, 5) is 25.4. The molecule has 0 spiro atoms. The van der Waals surface area contributed by atoms with Gasteiger partial charge in [0.15, 0.2) is 0 Å². The predicted molar refractivity (Wildman–Crippen MR) is 265 cm³/mol. The van der Waals surface area contributed by atoms with E-state index in [4.69, 9.17) is 9.05 Å². The van der Waals surface area contributed by atoms with Crippen LogP contribution in [0.5, 0.6) is 0 Å². The number of aliphatic hydroxyl groups excluding tert-OH is 1. The molecule has 364 valence electrons. The fraction of sp³-hybridized carbons (Fsp3) is 0.830. The fourth-order valence-electron chi connectivity index (χ4n) is 7.50. The largest absolute Gasteiger partial charge is 0.756 e. The van der Waals surface area contributed by atoms with E-state index in [1.54, 1.807) is 0 Å². The molecule has 0 rings (SSSR count). The third-order valence-electron chi connectivity index (χ3n) is 11.6. The van der Waals surface area contributed by atoms with E-state index < -0.39 is 20.0 Å². The molecule has 0 fully saturated rings. The first-order valence-electron chi connectivity index (χ1n) is 26.0. The summed E-state index contributed by atoms with van der Waals surface area (Å²) < 4.78 is 23.3. The molecule has 8 nitrogen and oxygen atoms in total. The summed E-state index contributed by atoms with van der Waals surface area (Å²) in [6.45, 7) is 4.60. The minimum atomic E-state index is -4.58. The number of amides is 1. The highest BCUT2D eigenvalue weighted by molar-refractivity contribution is 7.45. The number of unbranched alkanes of at least 4 members (excludes halogenated alkanes) is 26. The van der Waals surface area contributed by atoms with Crippen molar-refractivity contribution in [2.24, 2.45) is 0 Å². The summed E-state index contributed by atoms with van der Waals surface area (Å²) in [5, 5.41) is 14.0. The Bertz CT molecular complexity index is 1150. The molecule has 0 radical (unpaired) electrons. The van der Waals surface area contributed by atoms with Crippen LogP contribution in [0.4, 0.5) is 0 Å². The van der Waals surface area contributed by atoms with Crippen LogP contribution in [0.15, 0.2) is 48.6 Å². The molecular weight excluding hydrogens is 792 g/mol. The van der Waals surface area contributed by atoms with Gasteiger partial charge in [0.25, 0.3) is 7.82 Å². The molecule has 2 N–H and O–H groups in total. The molecule has 62 heavy (non-hydrogen) atoms. The van der Waals surface area contributed by atoms with Crippen molar-refractivity contribution in [3.63, 3.8) is 0 Å². The van der Waals surface area contributed by atoms with Gasteiger partial charge in [0.1, 0.15) is 13.2 Å². The Morgan fingerprint density at radius 1 is 0.581 bits per heavy atom. The van der Waals surface area contributed by atoms with Crippen LogP contribution in [-0.4, -0.2) is 68.5 Å². The molecule has 0 aromatic rings.